The molecular weight excluding hydrogens is 391 g/mol. The summed E-state index contributed by atoms with van der Waals surface area (Å²) in [4.78, 5) is 24.8. The topological polar surface area (TPSA) is 89.9 Å². The lowest BCUT2D eigenvalue weighted by atomic mass is 9.73. The van der Waals surface area contributed by atoms with Crippen LogP contribution in [0.15, 0.2) is 23.8 Å². The van der Waals surface area contributed by atoms with Crippen LogP contribution >= 0.6 is 19.2 Å². The van der Waals surface area contributed by atoms with E-state index in [1.54, 1.807) is 13.8 Å². The van der Waals surface area contributed by atoms with E-state index in [2.05, 4.69) is 0 Å². The van der Waals surface area contributed by atoms with Gasteiger partial charge in [0.25, 0.3) is 0 Å². The number of Topliss-reactive ketones (excluding diaryl/α,β-unsaturated/α-hetero) is 2. The van der Waals surface area contributed by atoms with Crippen LogP contribution in [0.3, 0.4) is 0 Å². The van der Waals surface area contributed by atoms with Gasteiger partial charge in [-0.15, -0.1) is 0 Å². The smallest absolute Gasteiger partial charge is 0.361 e. The molecule has 0 atom stereocenters. The summed E-state index contributed by atoms with van der Waals surface area (Å²) in [6.45, 7) is 7.42. The first-order chi connectivity index (χ1) is 12.5. The first-order valence-corrected chi connectivity index (χ1v) is 10.7. The van der Waals surface area contributed by atoms with Crippen LogP contribution in [0.5, 0.6) is 0 Å². The van der Waals surface area contributed by atoms with Gasteiger partial charge in [-0.05, 0) is 37.5 Å². The average molecular weight is 415 g/mol. The normalized spacial score (nSPS) is 17.3. The molecule has 1 saturated carbocycles. The molecule has 1 aliphatic carbocycles. The van der Waals surface area contributed by atoms with Crippen LogP contribution in [0.4, 0.5) is 0 Å². The SMILES string of the molecule is CCOP(=O)(OCC)c1ccc(C(O)=C2C(=O)CC(C)(C)CC2=O)c(Cl)c1. The van der Waals surface area contributed by atoms with Gasteiger partial charge in [-0.1, -0.05) is 25.4 Å². The Hall–Kier alpha value is -1.46. The molecule has 1 aliphatic rings. The molecule has 0 unspecified atom stereocenters. The van der Waals surface area contributed by atoms with Crippen molar-refractivity contribution in [3.8, 4) is 0 Å². The van der Waals surface area contributed by atoms with Gasteiger partial charge in [-0.2, -0.15) is 0 Å². The predicted molar refractivity (Wildman–Crippen MR) is 105 cm³/mol. The Balaban J connectivity index is 2.47. The van der Waals surface area contributed by atoms with Crippen LogP contribution in [0, 0.1) is 5.41 Å². The van der Waals surface area contributed by atoms with Crippen molar-refractivity contribution in [2.75, 3.05) is 13.2 Å². The number of carbonyl (C=O) groups excluding carboxylic acids is 2. The van der Waals surface area contributed by atoms with Crippen molar-refractivity contribution in [1.29, 1.82) is 0 Å². The van der Waals surface area contributed by atoms with Crippen molar-refractivity contribution in [2.45, 2.75) is 40.5 Å². The number of ketones is 2. The van der Waals surface area contributed by atoms with Gasteiger partial charge in [0.15, 0.2) is 11.6 Å². The van der Waals surface area contributed by atoms with E-state index in [9.17, 15) is 19.3 Å². The van der Waals surface area contributed by atoms with E-state index in [1.165, 1.54) is 18.2 Å². The van der Waals surface area contributed by atoms with Crippen LogP contribution in [0.2, 0.25) is 5.02 Å². The molecule has 0 amide bonds. The molecule has 0 bridgehead atoms. The molecule has 0 heterocycles. The van der Waals surface area contributed by atoms with Gasteiger partial charge in [0.05, 0.1) is 23.5 Å². The third-order valence-corrected chi connectivity index (χ3v) is 6.61. The number of halogens is 1. The molecule has 27 heavy (non-hydrogen) atoms. The second-order valence-electron chi connectivity index (χ2n) is 7.08. The Kier molecular flexibility index (Phi) is 6.69. The lowest BCUT2D eigenvalue weighted by Gasteiger charge is -2.29. The quantitative estimate of drug-likeness (QED) is 0.320. The second kappa shape index (κ2) is 8.27. The fraction of sp³-hybridized carbons (Fsp3) is 0.474. The number of aliphatic hydroxyl groups excluding tert-OH is 1. The van der Waals surface area contributed by atoms with Crippen LogP contribution in [-0.2, 0) is 23.2 Å². The van der Waals surface area contributed by atoms with Crippen molar-refractivity contribution in [3.05, 3.63) is 34.4 Å². The van der Waals surface area contributed by atoms with Gasteiger partial charge in [0, 0.05) is 18.4 Å². The molecule has 6 nitrogen and oxygen atoms in total. The standard InChI is InChI=1S/C19H24ClO6P/c1-5-25-27(24,26-6-2)12-7-8-13(14(20)9-12)18(23)17-15(21)10-19(3,4)11-16(17)22/h7-9,23H,5-6,10-11H2,1-4H3. The molecule has 0 aliphatic heterocycles. The van der Waals surface area contributed by atoms with Crippen LogP contribution in [0.1, 0.15) is 46.1 Å². The Bertz CT molecular complexity index is 811. The van der Waals surface area contributed by atoms with Crippen molar-refractivity contribution in [2.24, 2.45) is 5.41 Å². The summed E-state index contributed by atoms with van der Waals surface area (Å²) in [5.41, 5.74) is -0.550. The maximum absolute atomic E-state index is 12.8. The van der Waals surface area contributed by atoms with E-state index in [-0.39, 0.29) is 47.5 Å². The molecule has 1 N–H and O–H groups in total. The molecule has 1 aromatic carbocycles. The van der Waals surface area contributed by atoms with Crippen molar-refractivity contribution >= 4 is 41.8 Å². The van der Waals surface area contributed by atoms with Gasteiger partial charge >= 0.3 is 7.60 Å². The first-order valence-electron chi connectivity index (χ1n) is 8.74. The van der Waals surface area contributed by atoms with Crippen molar-refractivity contribution in [1.82, 2.24) is 0 Å². The number of rotatable bonds is 6. The first kappa shape index (κ1) is 21.8. The molecule has 1 aromatic rings. The summed E-state index contributed by atoms with van der Waals surface area (Å²) in [7, 11) is -3.54. The van der Waals surface area contributed by atoms with E-state index in [0.29, 0.717) is 0 Å². The zero-order chi connectivity index (χ0) is 20.4. The Morgan fingerprint density at radius 3 is 2.11 bits per heavy atom. The summed E-state index contributed by atoms with van der Waals surface area (Å²) in [5, 5.41) is 10.8. The van der Waals surface area contributed by atoms with E-state index in [0.717, 1.165) is 0 Å². The fourth-order valence-corrected chi connectivity index (χ4v) is 5.00. The molecule has 0 saturated heterocycles. The van der Waals surface area contributed by atoms with Crippen molar-refractivity contribution < 1.29 is 28.3 Å². The van der Waals surface area contributed by atoms with E-state index in [4.69, 9.17) is 20.6 Å². The summed E-state index contributed by atoms with van der Waals surface area (Å²) in [6.07, 6.45) is 0.329. The number of aliphatic hydroxyl groups is 1. The minimum atomic E-state index is -3.54. The largest absolute Gasteiger partial charge is 0.506 e. The molecule has 2 rings (SSSR count). The molecule has 0 aromatic heterocycles. The van der Waals surface area contributed by atoms with Crippen LogP contribution in [-0.4, -0.2) is 29.9 Å². The third-order valence-electron chi connectivity index (χ3n) is 4.19. The minimum absolute atomic E-state index is 0.0440. The molecule has 0 radical (unpaired) electrons. The van der Waals surface area contributed by atoms with Crippen LogP contribution < -0.4 is 5.30 Å². The molecule has 1 fully saturated rings. The Morgan fingerprint density at radius 1 is 1.15 bits per heavy atom. The van der Waals surface area contributed by atoms with E-state index < -0.39 is 30.3 Å². The number of allylic oxidation sites excluding steroid dienone is 1. The minimum Gasteiger partial charge on any atom is -0.506 e. The molecule has 8 heteroatoms. The predicted octanol–water partition coefficient (Wildman–Crippen LogP) is 4.46. The fourth-order valence-electron chi connectivity index (χ4n) is 3.06. The number of benzene rings is 1. The Morgan fingerprint density at radius 2 is 1.67 bits per heavy atom. The highest BCUT2D eigenvalue weighted by Gasteiger charge is 2.38. The number of hydrogen-bond acceptors (Lipinski definition) is 6. The zero-order valence-corrected chi connectivity index (χ0v) is 17.5. The van der Waals surface area contributed by atoms with Gasteiger partial charge in [0.1, 0.15) is 11.3 Å². The Labute approximate surface area is 164 Å². The van der Waals surface area contributed by atoms with Gasteiger partial charge < -0.3 is 14.2 Å². The highest BCUT2D eigenvalue weighted by atomic mass is 35.5. The maximum atomic E-state index is 12.8. The van der Waals surface area contributed by atoms with Crippen molar-refractivity contribution in [3.63, 3.8) is 0 Å². The van der Waals surface area contributed by atoms with Crippen LogP contribution in [0.25, 0.3) is 5.76 Å². The summed E-state index contributed by atoms with van der Waals surface area (Å²) >= 11 is 6.25. The number of hydrogen-bond donors (Lipinski definition) is 1. The summed E-state index contributed by atoms with van der Waals surface area (Å²) < 4.78 is 23.4. The van der Waals surface area contributed by atoms with Gasteiger partial charge in [-0.25, -0.2) is 0 Å². The molecule has 148 valence electrons. The zero-order valence-electron chi connectivity index (χ0n) is 15.9. The lowest BCUT2D eigenvalue weighted by Crippen LogP contribution is -2.32. The summed E-state index contributed by atoms with van der Waals surface area (Å²) in [6, 6.07) is 4.22. The second-order valence-corrected chi connectivity index (χ2v) is 9.52. The number of carbonyl (C=O) groups is 2. The summed E-state index contributed by atoms with van der Waals surface area (Å²) in [5.74, 6) is -1.29. The highest BCUT2D eigenvalue weighted by Crippen LogP contribution is 2.47. The van der Waals surface area contributed by atoms with Gasteiger partial charge in [0.2, 0.25) is 0 Å². The molecular formula is C19H24ClO6P. The van der Waals surface area contributed by atoms with E-state index >= 15 is 0 Å². The highest BCUT2D eigenvalue weighted by molar-refractivity contribution is 7.62. The average Bonchev–Trinajstić information content (AvgIpc) is 2.53. The third kappa shape index (κ3) is 4.69. The molecule has 0 spiro atoms. The van der Waals surface area contributed by atoms with E-state index in [1.807, 2.05) is 13.8 Å². The maximum Gasteiger partial charge on any atom is 0.361 e. The van der Waals surface area contributed by atoms with Gasteiger partial charge in [-0.3, -0.25) is 14.2 Å². The lowest BCUT2D eigenvalue weighted by molar-refractivity contribution is -0.127. The monoisotopic (exact) mass is 414 g/mol.